The van der Waals surface area contributed by atoms with Gasteiger partial charge in [0, 0.05) is 23.7 Å². The lowest BCUT2D eigenvalue weighted by Gasteiger charge is -2.09. The van der Waals surface area contributed by atoms with E-state index in [9.17, 15) is 4.79 Å². The van der Waals surface area contributed by atoms with Crippen molar-refractivity contribution in [3.63, 3.8) is 0 Å². The van der Waals surface area contributed by atoms with E-state index in [1.807, 2.05) is 19.2 Å². The minimum atomic E-state index is -0.128. The predicted octanol–water partition coefficient (Wildman–Crippen LogP) is 4.06. The maximum absolute atomic E-state index is 12.5. The number of benzene rings is 2. The Balaban J connectivity index is 1.97. The summed E-state index contributed by atoms with van der Waals surface area (Å²) in [5.41, 5.74) is 4.91. The largest absolute Gasteiger partial charge is 0.497 e. The molecule has 118 valence electrons. The lowest BCUT2D eigenvalue weighted by Crippen LogP contribution is -2.12. The molecule has 1 N–H and O–H groups in total. The molecule has 0 spiro atoms. The smallest absolute Gasteiger partial charge is 0.255 e. The van der Waals surface area contributed by atoms with Crippen LogP contribution in [0, 0.1) is 13.8 Å². The molecule has 4 nitrogen and oxygen atoms in total. The highest BCUT2D eigenvalue weighted by Gasteiger charge is 2.14. The molecule has 0 saturated heterocycles. The number of amides is 1. The van der Waals surface area contributed by atoms with Crippen molar-refractivity contribution in [2.75, 3.05) is 12.4 Å². The zero-order valence-electron chi connectivity index (χ0n) is 13.8. The van der Waals surface area contributed by atoms with Crippen LogP contribution < -0.4 is 10.1 Å². The predicted molar refractivity (Wildman–Crippen MR) is 93.3 cm³/mol. The van der Waals surface area contributed by atoms with E-state index in [0.717, 1.165) is 22.3 Å². The second-order valence-electron chi connectivity index (χ2n) is 5.65. The molecule has 0 aliphatic heterocycles. The number of rotatable bonds is 3. The van der Waals surface area contributed by atoms with Crippen LogP contribution in [0.15, 0.2) is 42.5 Å². The van der Waals surface area contributed by atoms with E-state index < -0.39 is 0 Å². The van der Waals surface area contributed by atoms with Crippen LogP contribution >= 0.6 is 0 Å². The summed E-state index contributed by atoms with van der Waals surface area (Å²) in [6.07, 6.45) is 0. The quantitative estimate of drug-likeness (QED) is 0.793. The Bertz CT molecular complexity index is 877. The summed E-state index contributed by atoms with van der Waals surface area (Å²) < 4.78 is 7.24. The molecule has 0 fully saturated rings. The number of aryl methyl sites for hydroxylation is 2. The number of para-hydroxylation sites is 1. The highest BCUT2D eigenvalue weighted by molar-refractivity contribution is 6.09. The third-order valence-corrected chi connectivity index (χ3v) is 4.42. The Labute approximate surface area is 135 Å². The molecule has 2 aromatic carbocycles. The van der Waals surface area contributed by atoms with Crippen LogP contribution in [0.5, 0.6) is 5.75 Å². The Hall–Kier alpha value is -2.75. The summed E-state index contributed by atoms with van der Waals surface area (Å²) >= 11 is 0. The number of methoxy groups -OCH3 is 1. The van der Waals surface area contributed by atoms with Gasteiger partial charge in [-0.05, 0) is 49.7 Å². The van der Waals surface area contributed by atoms with Gasteiger partial charge >= 0.3 is 0 Å². The van der Waals surface area contributed by atoms with Crippen molar-refractivity contribution < 1.29 is 9.53 Å². The lowest BCUT2D eigenvalue weighted by molar-refractivity contribution is 0.102. The minimum absolute atomic E-state index is 0.128. The van der Waals surface area contributed by atoms with E-state index in [2.05, 4.69) is 29.8 Å². The fraction of sp³-hybridized carbons (Fsp3) is 0.211. The van der Waals surface area contributed by atoms with Crippen molar-refractivity contribution in [3.05, 3.63) is 59.3 Å². The third kappa shape index (κ3) is 2.57. The summed E-state index contributed by atoms with van der Waals surface area (Å²) in [6, 6.07) is 13.1. The average molecular weight is 308 g/mol. The molecular formula is C19H20N2O2. The first-order chi connectivity index (χ1) is 11.0. The van der Waals surface area contributed by atoms with E-state index >= 15 is 0 Å². The van der Waals surface area contributed by atoms with Gasteiger partial charge in [0.15, 0.2) is 0 Å². The first kappa shape index (κ1) is 15.2. The van der Waals surface area contributed by atoms with Crippen molar-refractivity contribution >= 4 is 22.5 Å². The second kappa shape index (κ2) is 5.80. The average Bonchev–Trinajstić information content (AvgIpc) is 2.80. The molecule has 0 radical (unpaired) electrons. The van der Waals surface area contributed by atoms with E-state index in [1.165, 1.54) is 11.3 Å². The zero-order chi connectivity index (χ0) is 16.6. The number of ether oxygens (including phenoxy) is 1. The molecule has 0 bridgehead atoms. The molecule has 1 amide bonds. The summed E-state index contributed by atoms with van der Waals surface area (Å²) in [7, 11) is 3.63. The van der Waals surface area contributed by atoms with Gasteiger partial charge in [-0.15, -0.1) is 0 Å². The highest BCUT2D eigenvalue weighted by Crippen LogP contribution is 2.30. The van der Waals surface area contributed by atoms with Crippen LogP contribution in [0.1, 0.15) is 21.6 Å². The molecule has 3 aromatic rings. The van der Waals surface area contributed by atoms with Crippen molar-refractivity contribution in [3.8, 4) is 5.75 Å². The van der Waals surface area contributed by atoms with Crippen LogP contribution in [0.25, 0.3) is 10.9 Å². The third-order valence-electron chi connectivity index (χ3n) is 4.42. The number of carbonyl (C=O) groups is 1. The molecule has 23 heavy (non-hydrogen) atoms. The van der Waals surface area contributed by atoms with Gasteiger partial charge in [-0.25, -0.2) is 0 Å². The number of hydrogen-bond donors (Lipinski definition) is 1. The maximum Gasteiger partial charge on any atom is 0.255 e. The lowest BCUT2D eigenvalue weighted by atomic mass is 10.1. The zero-order valence-corrected chi connectivity index (χ0v) is 13.8. The minimum Gasteiger partial charge on any atom is -0.497 e. The van der Waals surface area contributed by atoms with E-state index in [0.29, 0.717) is 5.56 Å². The maximum atomic E-state index is 12.5. The number of carbonyl (C=O) groups excluding carboxylic acids is 1. The second-order valence-corrected chi connectivity index (χ2v) is 5.65. The number of fused-ring (bicyclic) bond motifs is 1. The molecule has 0 aliphatic rings. The fourth-order valence-electron chi connectivity index (χ4n) is 2.86. The normalized spacial score (nSPS) is 10.8. The molecule has 1 heterocycles. The molecule has 3 rings (SSSR count). The molecule has 0 atom stereocenters. The van der Waals surface area contributed by atoms with Gasteiger partial charge in [-0.2, -0.15) is 0 Å². The van der Waals surface area contributed by atoms with Gasteiger partial charge in [0.05, 0.1) is 18.3 Å². The van der Waals surface area contributed by atoms with Crippen LogP contribution in [0.2, 0.25) is 0 Å². The number of anilines is 1. The number of nitrogens with one attached hydrogen (secondary N) is 1. The Morgan fingerprint density at radius 1 is 1.09 bits per heavy atom. The fourth-order valence-corrected chi connectivity index (χ4v) is 2.86. The highest BCUT2D eigenvalue weighted by atomic mass is 16.5. The van der Waals surface area contributed by atoms with Crippen molar-refractivity contribution in [2.45, 2.75) is 13.8 Å². The molecule has 0 aliphatic carbocycles. The van der Waals surface area contributed by atoms with Crippen molar-refractivity contribution in [1.29, 1.82) is 0 Å². The Morgan fingerprint density at radius 3 is 2.43 bits per heavy atom. The number of aromatic nitrogens is 1. The van der Waals surface area contributed by atoms with Crippen LogP contribution in [0.3, 0.4) is 0 Å². The van der Waals surface area contributed by atoms with Gasteiger partial charge in [-0.3, -0.25) is 4.79 Å². The summed E-state index contributed by atoms with van der Waals surface area (Å²) in [5, 5.41) is 4.18. The van der Waals surface area contributed by atoms with Gasteiger partial charge < -0.3 is 14.6 Å². The Morgan fingerprint density at radius 2 is 1.78 bits per heavy atom. The number of hydrogen-bond acceptors (Lipinski definition) is 2. The SMILES string of the molecule is COc1ccc(C(=O)Nc2cccc3c(C)c(C)n(C)c23)cc1. The molecule has 0 unspecified atom stereocenters. The van der Waals surface area contributed by atoms with E-state index in [-0.39, 0.29) is 5.91 Å². The van der Waals surface area contributed by atoms with Crippen LogP contribution in [-0.2, 0) is 7.05 Å². The molecule has 1 aromatic heterocycles. The molecular weight excluding hydrogens is 288 g/mol. The van der Waals surface area contributed by atoms with Gasteiger partial charge in [0.2, 0.25) is 0 Å². The van der Waals surface area contributed by atoms with Crippen LogP contribution in [-0.4, -0.2) is 17.6 Å². The van der Waals surface area contributed by atoms with Crippen LogP contribution in [0.4, 0.5) is 5.69 Å². The summed E-state index contributed by atoms with van der Waals surface area (Å²) in [5.74, 6) is 0.606. The standard InChI is InChI=1S/C19H20N2O2/c1-12-13(2)21(3)18-16(12)6-5-7-17(18)20-19(22)14-8-10-15(23-4)11-9-14/h5-11H,1-4H3,(H,20,22). The van der Waals surface area contributed by atoms with Gasteiger partial charge in [0.25, 0.3) is 5.91 Å². The van der Waals surface area contributed by atoms with E-state index in [1.54, 1.807) is 31.4 Å². The summed E-state index contributed by atoms with van der Waals surface area (Å²) in [6.45, 7) is 4.19. The van der Waals surface area contributed by atoms with Gasteiger partial charge in [-0.1, -0.05) is 12.1 Å². The van der Waals surface area contributed by atoms with Crippen molar-refractivity contribution in [2.24, 2.45) is 7.05 Å². The first-order valence-corrected chi connectivity index (χ1v) is 7.53. The Kier molecular flexibility index (Phi) is 3.82. The summed E-state index contributed by atoms with van der Waals surface area (Å²) in [4.78, 5) is 12.5. The molecule has 0 saturated carbocycles. The molecule has 4 heteroatoms. The monoisotopic (exact) mass is 308 g/mol. The van der Waals surface area contributed by atoms with Crippen molar-refractivity contribution in [1.82, 2.24) is 4.57 Å². The topological polar surface area (TPSA) is 43.3 Å². The number of nitrogens with zero attached hydrogens (tertiary/aromatic N) is 1. The van der Waals surface area contributed by atoms with E-state index in [4.69, 9.17) is 4.74 Å². The van der Waals surface area contributed by atoms with Gasteiger partial charge in [0.1, 0.15) is 5.75 Å². The first-order valence-electron chi connectivity index (χ1n) is 7.53.